The Balaban J connectivity index is 2.50. The van der Waals surface area contributed by atoms with Crippen LogP contribution in [-0.2, 0) is 14.3 Å². The summed E-state index contributed by atoms with van der Waals surface area (Å²) >= 11 is 0. The van der Waals surface area contributed by atoms with Gasteiger partial charge in [-0.2, -0.15) is 0 Å². The average Bonchev–Trinajstić information content (AvgIpc) is 2.60. The first-order chi connectivity index (χ1) is 7.06. The number of aliphatic hydroxyl groups excluding tert-OH is 1. The average molecular weight is 217 g/mol. The molecule has 1 heterocycles. The molecule has 0 aromatic rings. The first kappa shape index (κ1) is 11.9. The minimum Gasteiger partial charge on any atom is -0.480 e. The molecule has 0 aromatic heterocycles. The molecule has 6 heteroatoms. The second-order valence-corrected chi connectivity index (χ2v) is 3.64. The number of carboxylic acid groups (broad SMARTS) is 1. The van der Waals surface area contributed by atoms with E-state index in [1.165, 1.54) is 0 Å². The fourth-order valence-electron chi connectivity index (χ4n) is 1.47. The quantitative estimate of drug-likeness (QED) is 0.559. The van der Waals surface area contributed by atoms with E-state index in [2.05, 4.69) is 5.32 Å². The Bertz CT molecular complexity index is 255. The van der Waals surface area contributed by atoms with Crippen LogP contribution in [0.1, 0.15) is 13.3 Å². The number of hydrogen-bond donors (Lipinski definition) is 3. The highest BCUT2D eigenvalue weighted by molar-refractivity contribution is 5.86. The number of rotatable bonds is 4. The summed E-state index contributed by atoms with van der Waals surface area (Å²) in [4.78, 5) is 22.1. The molecule has 1 fully saturated rings. The van der Waals surface area contributed by atoms with Crippen molar-refractivity contribution in [3.8, 4) is 0 Å². The van der Waals surface area contributed by atoms with Crippen molar-refractivity contribution in [3.05, 3.63) is 0 Å². The largest absolute Gasteiger partial charge is 0.480 e. The van der Waals surface area contributed by atoms with Crippen LogP contribution in [0, 0.1) is 5.92 Å². The summed E-state index contributed by atoms with van der Waals surface area (Å²) in [5.74, 6) is -1.64. The zero-order valence-electron chi connectivity index (χ0n) is 8.47. The molecule has 0 radical (unpaired) electrons. The molecule has 1 aliphatic heterocycles. The first-order valence-corrected chi connectivity index (χ1v) is 4.82. The molecule has 15 heavy (non-hydrogen) atoms. The Morgan fingerprint density at radius 2 is 2.27 bits per heavy atom. The van der Waals surface area contributed by atoms with Gasteiger partial charge in [0.2, 0.25) is 5.91 Å². The molecule has 3 atom stereocenters. The topological polar surface area (TPSA) is 95.9 Å². The maximum atomic E-state index is 11.5. The highest BCUT2D eigenvalue weighted by atomic mass is 16.5. The van der Waals surface area contributed by atoms with Crippen LogP contribution in [0.3, 0.4) is 0 Å². The fraction of sp³-hybridized carbons (Fsp3) is 0.778. The molecular weight excluding hydrogens is 202 g/mol. The summed E-state index contributed by atoms with van der Waals surface area (Å²) in [7, 11) is 0. The zero-order chi connectivity index (χ0) is 11.4. The first-order valence-electron chi connectivity index (χ1n) is 4.82. The molecule has 1 rings (SSSR count). The van der Waals surface area contributed by atoms with E-state index in [-0.39, 0.29) is 5.92 Å². The number of aliphatic hydroxyl groups is 1. The smallest absolute Gasteiger partial charge is 0.328 e. The summed E-state index contributed by atoms with van der Waals surface area (Å²) in [6.07, 6.45) is 0.188. The van der Waals surface area contributed by atoms with Gasteiger partial charge in [0.05, 0.1) is 6.61 Å². The summed E-state index contributed by atoms with van der Waals surface area (Å²) < 4.78 is 5.17. The second-order valence-electron chi connectivity index (χ2n) is 3.64. The normalized spacial score (nSPS) is 27.3. The van der Waals surface area contributed by atoms with Gasteiger partial charge in [-0.25, -0.2) is 4.79 Å². The molecular formula is C9H15NO5. The van der Waals surface area contributed by atoms with E-state index >= 15 is 0 Å². The minimum atomic E-state index is -1.26. The number of hydrogen-bond acceptors (Lipinski definition) is 4. The van der Waals surface area contributed by atoms with Crippen LogP contribution < -0.4 is 5.32 Å². The third kappa shape index (κ3) is 2.90. The molecule has 0 aromatic carbocycles. The predicted molar refractivity (Wildman–Crippen MR) is 50.2 cm³/mol. The molecule has 3 N–H and O–H groups in total. The standard InChI is InChI=1S/C9H15NO5/c1-5-2-3-15-7(5)8(12)10-6(4-11)9(13)14/h5-7,11H,2-4H2,1H3,(H,10,12)(H,13,14). The van der Waals surface area contributed by atoms with Crippen molar-refractivity contribution in [2.24, 2.45) is 5.92 Å². The number of nitrogens with one attached hydrogen (secondary N) is 1. The molecule has 0 saturated carbocycles. The van der Waals surface area contributed by atoms with E-state index in [9.17, 15) is 9.59 Å². The fourth-order valence-corrected chi connectivity index (χ4v) is 1.47. The highest BCUT2D eigenvalue weighted by Crippen LogP contribution is 2.19. The Hall–Kier alpha value is -1.14. The predicted octanol–water partition coefficient (Wildman–Crippen LogP) is -1.03. The SMILES string of the molecule is CC1CCOC1C(=O)NC(CO)C(=O)O. The molecule has 0 bridgehead atoms. The van der Waals surface area contributed by atoms with Crippen molar-refractivity contribution in [2.45, 2.75) is 25.5 Å². The van der Waals surface area contributed by atoms with Crippen molar-refractivity contribution in [1.29, 1.82) is 0 Å². The minimum absolute atomic E-state index is 0.0816. The van der Waals surface area contributed by atoms with E-state index in [4.69, 9.17) is 14.9 Å². The van der Waals surface area contributed by atoms with Gasteiger partial charge in [-0.1, -0.05) is 6.92 Å². The lowest BCUT2D eigenvalue weighted by atomic mass is 10.0. The van der Waals surface area contributed by atoms with Crippen LogP contribution in [-0.4, -0.2) is 47.4 Å². The molecule has 1 saturated heterocycles. The number of amides is 1. The van der Waals surface area contributed by atoms with E-state index in [0.29, 0.717) is 6.61 Å². The van der Waals surface area contributed by atoms with Crippen LogP contribution in [0.15, 0.2) is 0 Å². The van der Waals surface area contributed by atoms with E-state index in [1.54, 1.807) is 0 Å². The molecule has 6 nitrogen and oxygen atoms in total. The summed E-state index contributed by atoms with van der Waals surface area (Å²) in [5.41, 5.74) is 0. The summed E-state index contributed by atoms with van der Waals surface area (Å²) in [5, 5.41) is 19.6. The molecule has 86 valence electrons. The number of ether oxygens (including phenoxy) is 1. The van der Waals surface area contributed by atoms with Crippen LogP contribution in [0.5, 0.6) is 0 Å². The van der Waals surface area contributed by atoms with E-state index in [0.717, 1.165) is 6.42 Å². The zero-order valence-corrected chi connectivity index (χ0v) is 8.47. The summed E-state index contributed by atoms with van der Waals surface area (Å²) in [6.45, 7) is 1.75. The van der Waals surface area contributed by atoms with Crippen LogP contribution in [0.25, 0.3) is 0 Å². The monoisotopic (exact) mass is 217 g/mol. The van der Waals surface area contributed by atoms with Crippen molar-refractivity contribution >= 4 is 11.9 Å². The van der Waals surface area contributed by atoms with E-state index in [1.807, 2.05) is 6.92 Å². The lowest BCUT2D eigenvalue weighted by molar-refractivity contribution is -0.145. The van der Waals surface area contributed by atoms with Crippen molar-refractivity contribution < 1.29 is 24.5 Å². The number of carboxylic acids is 1. The van der Waals surface area contributed by atoms with Gasteiger partial charge < -0.3 is 20.3 Å². The molecule has 0 spiro atoms. The Morgan fingerprint density at radius 3 is 2.67 bits per heavy atom. The number of carbonyl (C=O) groups is 2. The van der Waals surface area contributed by atoms with Gasteiger partial charge in [-0.3, -0.25) is 4.79 Å². The van der Waals surface area contributed by atoms with Crippen molar-refractivity contribution in [1.82, 2.24) is 5.32 Å². The maximum absolute atomic E-state index is 11.5. The lowest BCUT2D eigenvalue weighted by Gasteiger charge is -2.17. The molecule has 1 amide bonds. The Morgan fingerprint density at radius 1 is 1.60 bits per heavy atom. The van der Waals surface area contributed by atoms with Crippen LogP contribution in [0.2, 0.25) is 0 Å². The van der Waals surface area contributed by atoms with E-state index < -0.39 is 30.6 Å². The number of aliphatic carboxylic acids is 1. The lowest BCUT2D eigenvalue weighted by Crippen LogP contribution is -2.48. The van der Waals surface area contributed by atoms with Gasteiger partial charge in [0, 0.05) is 6.61 Å². The van der Waals surface area contributed by atoms with Gasteiger partial charge in [-0.05, 0) is 12.3 Å². The van der Waals surface area contributed by atoms with Crippen molar-refractivity contribution in [3.63, 3.8) is 0 Å². The van der Waals surface area contributed by atoms with Gasteiger partial charge in [0.1, 0.15) is 12.1 Å². The second kappa shape index (κ2) is 5.09. The molecule has 1 aliphatic rings. The van der Waals surface area contributed by atoms with Gasteiger partial charge in [0.15, 0.2) is 0 Å². The van der Waals surface area contributed by atoms with Crippen LogP contribution >= 0.6 is 0 Å². The number of carbonyl (C=O) groups excluding carboxylic acids is 1. The van der Waals surface area contributed by atoms with Gasteiger partial charge in [0.25, 0.3) is 0 Å². The third-order valence-corrected chi connectivity index (χ3v) is 2.44. The molecule has 0 aliphatic carbocycles. The third-order valence-electron chi connectivity index (χ3n) is 2.44. The van der Waals surface area contributed by atoms with Crippen molar-refractivity contribution in [2.75, 3.05) is 13.2 Å². The highest BCUT2D eigenvalue weighted by Gasteiger charge is 2.33. The molecule has 3 unspecified atom stereocenters. The van der Waals surface area contributed by atoms with Gasteiger partial charge >= 0.3 is 5.97 Å². The van der Waals surface area contributed by atoms with Gasteiger partial charge in [-0.15, -0.1) is 0 Å². The Kier molecular flexibility index (Phi) is 4.05. The maximum Gasteiger partial charge on any atom is 0.328 e. The Labute approximate surface area is 87.2 Å². The summed E-state index contributed by atoms with van der Waals surface area (Å²) in [6, 6.07) is -1.26. The van der Waals surface area contributed by atoms with Crippen LogP contribution in [0.4, 0.5) is 0 Å².